The average molecular weight is 318 g/mol. The Morgan fingerprint density at radius 3 is 2.04 bits per heavy atom. The molecule has 4 saturated carbocycles. The first-order valence-electron chi connectivity index (χ1n) is 9.42. The molecule has 0 radical (unpaired) electrons. The standard InChI is InChI=1S/C22H26N2/c23-19-4-6-20(7-5-19)24-21-3-1-2-18(11-21)22-12-15-8-16(13-22)10-17(9-15)14-22/h1-7,11,15-17,24H,8-10,12-14,23H2. The molecule has 3 N–H and O–H groups in total. The van der Waals surface area contributed by atoms with E-state index in [-0.39, 0.29) is 0 Å². The van der Waals surface area contributed by atoms with E-state index < -0.39 is 0 Å². The number of hydrogen-bond acceptors (Lipinski definition) is 2. The Morgan fingerprint density at radius 2 is 1.42 bits per heavy atom. The summed E-state index contributed by atoms with van der Waals surface area (Å²) in [6.45, 7) is 0. The predicted molar refractivity (Wildman–Crippen MR) is 100 cm³/mol. The molecule has 2 nitrogen and oxygen atoms in total. The van der Waals surface area contributed by atoms with Crippen LogP contribution in [0.15, 0.2) is 48.5 Å². The van der Waals surface area contributed by atoms with Gasteiger partial charge in [0.1, 0.15) is 0 Å². The van der Waals surface area contributed by atoms with E-state index in [9.17, 15) is 0 Å². The van der Waals surface area contributed by atoms with Gasteiger partial charge >= 0.3 is 0 Å². The Kier molecular flexibility index (Phi) is 3.16. The van der Waals surface area contributed by atoms with Crippen molar-refractivity contribution in [1.82, 2.24) is 0 Å². The number of hydrogen-bond donors (Lipinski definition) is 2. The molecule has 2 aromatic rings. The van der Waals surface area contributed by atoms with Crippen molar-refractivity contribution in [2.45, 2.75) is 43.9 Å². The number of nitrogens with two attached hydrogens (primary N) is 1. The molecule has 0 heterocycles. The summed E-state index contributed by atoms with van der Waals surface area (Å²) >= 11 is 0. The lowest BCUT2D eigenvalue weighted by atomic mass is 9.48. The second-order valence-corrected chi connectivity index (χ2v) is 8.53. The molecule has 6 rings (SSSR count). The normalized spacial score (nSPS) is 33.6. The van der Waals surface area contributed by atoms with Crippen molar-refractivity contribution in [3.8, 4) is 0 Å². The first-order chi connectivity index (χ1) is 11.7. The first-order valence-corrected chi connectivity index (χ1v) is 9.42. The molecule has 4 bridgehead atoms. The van der Waals surface area contributed by atoms with Gasteiger partial charge in [-0.15, -0.1) is 0 Å². The van der Waals surface area contributed by atoms with Crippen LogP contribution in [-0.2, 0) is 5.41 Å². The molecule has 0 atom stereocenters. The Labute approximate surface area is 144 Å². The number of nitrogen functional groups attached to an aromatic ring is 1. The fourth-order valence-corrected chi connectivity index (χ4v) is 6.12. The topological polar surface area (TPSA) is 38.0 Å². The summed E-state index contributed by atoms with van der Waals surface area (Å²) in [6.07, 6.45) is 8.77. The van der Waals surface area contributed by atoms with Crippen LogP contribution >= 0.6 is 0 Å². The zero-order valence-corrected chi connectivity index (χ0v) is 14.2. The van der Waals surface area contributed by atoms with Crippen molar-refractivity contribution in [3.05, 3.63) is 54.1 Å². The monoisotopic (exact) mass is 318 g/mol. The molecule has 0 unspecified atom stereocenters. The minimum Gasteiger partial charge on any atom is -0.399 e. The number of benzene rings is 2. The van der Waals surface area contributed by atoms with Crippen LogP contribution in [0.5, 0.6) is 0 Å². The third-order valence-corrected chi connectivity index (χ3v) is 6.71. The molecular weight excluding hydrogens is 292 g/mol. The highest BCUT2D eigenvalue weighted by Crippen LogP contribution is 2.60. The SMILES string of the molecule is Nc1ccc(Nc2cccc(C34CC5CC(CC(C5)C3)C4)c2)cc1. The second kappa shape index (κ2) is 5.27. The van der Waals surface area contributed by atoms with E-state index in [0.717, 1.165) is 29.1 Å². The van der Waals surface area contributed by atoms with E-state index in [1.165, 1.54) is 44.2 Å². The molecule has 0 amide bonds. The smallest absolute Gasteiger partial charge is 0.0387 e. The van der Waals surface area contributed by atoms with Crippen molar-refractivity contribution in [1.29, 1.82) is 0 Å². The summed E-state index contributed by atoms with van der Waals surface area (Å²) in [5.74, 6) is 2.97. The van der Waals surface area contributed by atoms with Crippen LogP contribution in [-0.4, -0.2) is 0 Å². The Hall–Kier alpha value is -1.96. The van der Waals surface area contributed by atoms with Gasteiger partial charge in [-0.25, -0.2) is 0 Å². The minimum atomic E-state index is 0.466. The minimum absolute atomic E-state index is 0.466. The molecule has 4 aliphatic carbocycles. The van der Waals surface area contributed by atoms with Crippen LogP contribution in [0.1, 0.15) is 44.1 Å². The van der Waals surface area contributed by atoms with Gasteiger partial charge in [0.25, 0.3) is 0 Å². The fraction of sp³-hybridized carbons (Fsp3) is 0.455. The number of anilines is 3. The molecule has 24 heavy (non-hydrogen) atoms. The van der Waals surface area contributed by atoms with Crippen LogP contribution in [0, 0.1) is 17.8 Å². The summed E-state index contributed by atoms with van der Waals surface area (Å²) in [4.78, 5) is 0. The molecule has 2 heteroatoms. The van der Waals surface area contributed by atoms with Gasteiger partial charge in [-0.05, 0) is 104 Å². The molecule has 0 spiro atoms. The van der Waals surface area contributed by atoms with Crippen LogP contribution in [0.4, 0.5) is 17.1 Å². The van der Waals surface area contributed by atoms with Crippen molar-refractivity contribution in [2.24, 2.45) is 17.8 Å². The fourth-order valence-electron chi connectivity index (χ4n) is 6.12. The van der Waals surface area contributed by atoms with E-state index in [4.69, 9.17) is 5.73 Å². The molecule has 4 fully saturated rings. The highest BCUT2D eigenvalue weighted by Gasteiger charge is 2.51. The van der Waals surface area contributed by atoms with Crippen molar-refractivity contribution < 1.29 is 0 Å². The lowest BCUT2D eigenvalue weighted by Crippen LogP contribution is -2.48. The zero-order chi connectivity index (χ0) is 16.1. The quantitative estimate of drug-likeness (QED) is 0.735. The first kappa shape index (κ1) is 14.4. The van der Waals surface area contributed by atoms with Gasteiger partial charge in [0.05, 0.1) is 0 Å². The van der Waals surface area contributed by atoms with Crippen LogP contribution in [0.25, 0.3) is 0 Å². The van der Waals surface area contributed by atoms with Crippen molar-refractivity contribution in [3.63, 3.8) is 0 Å². The van der Waals surface area contributed by atoms with Gasteiger partial charge in [0, 0.05) is 17.1 Å². The van der Waals surface area contributed by atoms with Crippen LogP contribution < -0.4 is 11.1 Å². The van der Waals surface area contributed by atoms with Crippen LogP contribution in [0.3, 0.4) is 0 Å². The van der Waals surface area contributed by atoms with Gasteiger partial charge in [-0.2, -0.15) is 0 Å². The van der Waals surface area contributed by atoms with Crippen molar-refractivity contribution in [2.75, 3.05) is 11.1 Å². The van der Waals surface area contributed by atoms with E-state index in [2.05, 4.69) is 29.6 Å². The zero-order valence-electron chi connectivity index (χ0n) is 14.2. The molecule has 0 saturated heterocycles. The van der Waals surface area contributed by atoms with E-state index >= 15 is 0 Å². The van der Waals surface area contributed by atoms with Gasteiger partial charge < -0.3 is 11.1 Å². The summed E-state index contributed by atoms with van der Waals surface area (Å²) in [7, 11) is 0. The molecule has 0 aromatic heterocycles. The lowest BCUT2D eigenvalue weighted by molar-refractivity contribution is -0.00516. The van der Waals surface area contributed by atoms with Crippen molar-refractivity contribution >= 4 is 17.1 Å². The number of nitrogens with one attached hydrogen (secondary N) is 1. The maximum absolute atomic E-state index is 5.79. The summed E-state index contributed by atoms with van der Waals surface area (Å²) in [5, 5.41) is 3.55. The molecule has 2 aromatic carbocycles. The largest absolute Gasteiger partial charge is 0.399 e. The van der Waals surface area contributed by atoms with E-state index in [1.807, 2.05) is 24.3 Å². The molecule has 0 aliphatic heterocycles. The lowest BCUT2D eigenvalue weighted by Gasteiger charge is -2.57. The number of rotatable bonds is 3. The predicted octanol–water partition coefficient (Wildman–Crippen LogP) is 5.48. The van der Waals surface area contributed by atoms with Gasteiger partial charge in [-0.3, -0.25) is 0 Å². The Morgan fingerprint density at radius 1 is 0.792 bits per heavy atom. The highest BCUT2D eigenvalue weighted by atomic mass is 14.9. The van der Waals surface area contributed by atoms with E-state index in [1.54, 1.807) is 5.56 Å². The highest BCUT2D eigenvalue weighted by molar-refractivity contribution is 5.62. The molecular formula is C22H26N2. The average Bonchev–Trinajstić information content (AvgIpc) is 2.56. The second-order valence-electron chi connectivity index (χ2n) is 8.53. The third-order valence-electron chi connectivity index (χ3n) is 6.71. The van der Waals surface area contributed by atoms with Crippen LogP contribution in [0.2, 0.25) is 0 Å². The van der Waals surface area contributed by atoms with Gasteiger partial charge in [-0.1, -0.05) is 12.1 Å². The third kappa shape index (κ3) is 2.40. The molecule has 124 valence electrons. The maximum Gasteiger partial charge on any atom is 0.0387 e. The summed E-state index contributed by atoms with van der Waals surface area (Å²) < 4.78 is 0. The molecule has 4 aliphatic rings. The summed E-state index contributed by atoms with van der Waals surface area (Å²) in [5.41, 5.74) is 10.9. The summed E-state index contributed by atoms with van der Waals surface area (Å²) in [6, 6.07) is 17.2. The van der Waals surface area contributed by atoms with Gasteiger partial charge in [0.2, 0.25) is 0 Å². The van der Waals surface area contributed by atoms with E-state index in [0.29, 0.717) is 5.41 Å². The Bertz CT molecular complexity index is 712. The Balaban J connectivity index is 1.44. The van der Waals surface area contributed by atoms with Gasteiger partial charge in [0.15, 0.2) is 0 Å². The maximum atomic E-state index is 5.79.